The Bertz CT molecular complexity index is 1160. The molecule has 0 unspecified atom stereocenters. The molecule has 3 rings (SSSR count). The first-order valence-electron chi connectivity index (χ1n) is 8.94. The first-order valence-corrected chi connectivity index (χ1v) is 10.4. The molecule has 0 aliphatic heterocycles. The maximum absolute atomic E-state index is 12.8. The van der Waals surface area contributed by atoms with E-state index in [1.54, 1.807) is 30.3 Å². The summed E-state index contributed by atoms with van der Waals surface area (Å²) in [5, 5.41) is 2.75. The van der Waals surface area contributed by atoms with Gasteiger partial charge in [-0.1, -0.05) is 30.3 Å². The molecule has 0 saturated carbocycles. The number of sulfonamides is 1. The van der Waals surface area contributed by atoms with Crippen LogP contribution in [0.25, 0.3) is 0 Å². The van der Waals surface area contributed by atoms with Crippen molar-refractivity contribution in [3.05, 3.63) is 83.4 Å². The summed E-state index contributed by atoms with van der Waals surface area (Å²) in [6.45, 7) is 3.71. The second-order valence-electron chi connectivity index (χ2n) is 6.61. The highest BCUT2D eigenvalue weighted by molar-refractivity contribution is 7.92. The van der Waals surface area contributed by atoms with Gasteiger partial charge in [0.1, 0.15) is 5.75 Å². The van der Waals surface area contributed by atoms with Crippen molar-refractivity contribution in [3.8, 4) is 5.75 Å². The standard InChI is InChI=1S/C22H22N2O4S/c1-15-7-6-9-17(13-15)24-29(26,27)18-11-12-21(28-3)20(14-18)23-22(25)19-10-5-4-8-16(19)2/h4-14,24H,1-3H3,(H,23,25). The van der Waals surface area contributed by atoms with Crippen LogP contribution in [0.15, 0.2) is 71.6 Å². The Kier molecular flexibility index (Phi) is 5.89. The number of rotatable bonds is 6. The zero-order valence-electron chi connectivity index (χ0n) is 16.4. The highest BCUT2D eigenvalue weighted by Gasteiger charge is 2.19. The molecule has 3 aromatic rings. The molecule has 6 nitrogen and oxygen atoms in total. The number of hydrogen-bond acceptors (Lipinski definition) is 4. The van der Waals surface area contributed by atoms with Crippen molar-refractivity contribution in [2.45, 2.75) is 18.7 Å². The van der Waals surface area contributed by atoms with Gasteiger partial charge in [0.05, 0.1) is 17.7 Å². The molecule has 29 heavy (non-hydrogen) atoms. The summed E-state index contributed by atoms with van der Waals surface area (Å²) in [4.78, 5) is 12.7. The fourth-order valence-corrected chi connectivity index (χ4v) is 3.97. The van der Waals surface area contributed by atoms with E-state index in [0.29, 0.717) is 17.0 Å². The van der Waals surface area contributed by atoms with Crippen LogP contribution in [-0.4, -0.2) is 21.4 Å². The van der Waals surface area contributed by atoms with Crippen LogP contribution in [0.1, 0.15) is 21.5 Å². The highest BCUT2D eigenvalue weighted by Crippen LogP contribution is 2.29. The predicted octanol–water partition coefficient (Wildman–Crippen LogP) is 4.37. The Hall–Kier alpha value is -3.32. The molecule has 150 valence electrons. The molecular weight excluding hydrogens is 388 g/mol. The topological polar surface area (TPSA) is 84.5 Å². The molecule has 0 aliphatic rings. The third kappa shape index (κ3) is 4.75. The summed E-state index contributed by atoms with van der Waals surface area (Å²) in [5.74, 6) is 0.0176. The summed E-state index contributed by atoms with van der Waals surface area (Å²) in [5.41, 5.74) is 2.99. The zero-order chi connectivity index (χ0) is 21.0. The van der Waals surface area contributed by atoms with Gasteiger partial charge in [-0.3, -0.25) is 9.52 Å². The minimum Gasteiger partial charge on any atom is -0.495 e. The summed E-state index contributed by atoms with van der Waals surface area (Å²) in [6, 6.07) is 18.5. The number of ether oxygens (including phenoxy) is 1. The molecule has 0 radical (unpaired) electrons. The van der Waals surface area contributed by atoms with E-state index in [2.05, 4.69) is 10.0 Å². The average Bonchev–Trinajstić information content (AvgIpc) is 2.68. The first-order chi connectivity index (χ1) is 13.8. The Morgan fingerprint density at radius 2 is 1.69 bits per heavy atom. The van der Waals surface area contributed by atoms with E-state index >= 15 is 0 Å². The number of carbonyl (C=O) groups excluding carboxylic acids is 1. The van der Waals surface area contributed by atoms with Gasteiger partial charge in [0.15, 0.2) is 0 Å². The molecule has 2 N–H and O–H groups in total. The van der Waals surface area contributed by atoms with Crippen LogP contribution in [0.2, 0.25) is 0 Å². The second-order valence-corrected chi connectivity index (χ2v) is 8.29. The number of nitrogens with one attached hydrogen (secondary N) is 2. The van der Waals surface area contributed by atoms with Gasteiger partial charge in [-0.15, -0.1) is 0 Å². The normalized spacial score (nSPS) is 11.0. The summed E-state index contributed by atoms with van der Waals surface area (Å²) in [7, 11) is -2.39. The molecule has 0 spiro atoms. The van der Waals surface area contributed by atoms with Gasteiger partial charge in [-0.25, -0.2) is 8.42 Å². The van der Waals surface area contributed by atoms with Gasteiger partial charge >= 0.3 is 0 Å². The van der Waals surface area contributed by atoms with Crippen molar-refractivity contribution in [2.24, 2.45) is 0 Å². The molecule has 0 heterocycles. The molecule has 0 atom stereocenters. The molecule has 1 amide bonds. The van der Waals surface area contributed by atoms with Gasteiger partial charge in [0.25, 0.3) is 15.9 Å². The molecule has 0 saturated heterocycles. The maximum Gasteiger partial charge on any atom is 0.261 e. The third-order valence-corrected chi connectivity index (χ3v) is 5.77. The minimum absolute atomic E-state index is 0.0138. The number of methoxy groups -OCH3 is 1. The quantitative estimate of drug-likeness (QED) is 0.632. The van der Waals surface area contributed by atoms with E-state index in [9.17, 15) is 13.2 Å². The highest BCUT2D eigenvalue weighted by atomic mass is 32.2. The Balaban J connectivity index is 1.92. The van der Waals surface area contributed by atoms with E-state index in [0.717, 1.165) is 11.1 Å². The SMILES string of the molecule is COc1ccc(S(=O)(=O)Nc2cccc(C)c2)cc1NC(=O)c1ccccc1C. The smallest absolute Gasteiger partial charge is 0.261 e. The van der Waals surface area contributed by atoms with Gasteiger partial charge < -0.3 is 10.1 Å². The average molecular weight is 410 g/mol. The maximum atomic E-state index is 12.8. The number of anilines is 2. The van der Waals surface area contributed by atoms with Crippen molar-refractivity contribution in [3.63, 3.8) is 0 Å². The number of amides is 1. The van der Waals surface area contributed by atoms with E-state index in [-0.39, 0.29) is 16.5 Å². The largest absolute Gasteiger partial charge is 0.495 e. The molecule has 0 fully saturated rings. The minimum atomic E-state index is -3.84. The fourth-order valence-electron chi connectivity index (χ4n) is 2.89. The Morgan fingerprint density at radius 1 is 0.931 bits per heavy atom. The lowest BCUT2D eigenvalue weighted by molar-refractivity contribution is 0.102. The molecule has 7 heteroatoms. The summed E-state index contributed by atoms with van der Waals surface area (Å²) in [6.07, 6.45) is 0. The molecule has 3 aromatic carbocycles. The van der Waals surface area contributed by atoms with Gasteiger partial charge in [0.2, 0.25) is 0 Å². The van der Waals surface area contributed by atoms with Crippen LogP contribution in [0.5, 0.6) is 5.75 Å². The molecular formula is C22H22N2O4S. The van der Waals surface area contributed by atoms with Gasteiger partial charge in [-0.05, 0) is 61.4 Å². The van der Waals surface area contributed by atoms with E-state index in [1.165, 1.54) is 25.3 Å². The summed E-state index contributed by atoms with van der Waals surface area (Å²) < 4.78 is 33.5. The Morgan fingerprint density at radius 3 is 2.38 bits per heavy atom. The summed E-state index contributed by atoms with van der Waals surface area (Å²) >= 11 is 0. The van der Waals surface area contributed by atoms with Crippen molar-refractivity contribution in [1.82, 2.24) is 0 Å². The lowest BCUT2D eigenvalue weighted by atomic mass is 10.1. The fraction of sp³-hybridized carbons (Fsp3) is 0.136. The van der Waals surface area contributed by atoms with Crippen LogP contribution in [0.4, 0.5) is 11.4 Å². The van der Waals surface area contributed by atoms with E-state index in [1.807, 2.05) is 32.0 Å². The molecule has 0 aromatic heterocycles. The Labute approximate surface area is 170 Å². The number of hydrogen-bond donors (Lipinski definition) is 2. The van der Waals surface area contributed by atoms with Crippen LogP contribution in [-0.2, 0) is 10.0 Å². The van der Waals surface area contributed by atoms with Crippen LogP contribution < -0.4 is 14.8 Å². The van der Waals surface area contributed by atoms with Crippen molar-refractivity contribution < 1.29 is 17.9 Å². The van der Waals surface area contributed by atoms with Crippen molar-refractivity contribution in [1.29, 1.82) is 0 Å². The van der Waals surface area contributed by atoms with Crippen LogP contribution in [0, 0.1) is 13.8 Å². The van der Waals surface area contributed by atoms with Crippen LogP contribution >= 0.6 is 0 Å². The number of carbonyl (C=O) groups is 1. The van der Waals surface area contributed by atoms with Gasteiger partial charge in [0, 0.05) is 11.3 Å². The molecule has 0 bridgehead atoms. The van der Waals surface area contributed by atoms with Gasteiger partial charge in [-0.2, -0.15) is 0 Å². The first kappa shape index (κ1) is 20.4. The van der Waals surface area contributed by atoms with E-state index in [4.69, 9.17) is 4.74 Å². The number of aryl methyl sites for hydroxylation is 2. The molecule has 0 aliphatic carbocycles. The van der Waals surface area contributed by atoms with E-state index < -0.39 is 10.0 Å². The number of benzene rings is 3. The zero-order valence-corrected chi connectivity index (χ0v) is 17.2. The predicted molar refractivity (Wildman–Crippen MR) is 114 cm³/mol. The lowest BCUT2D eigenvalue weighted by Gasteiger charge is -2.14. The van der Waals surface area contributed by atoms with Crippen molar-refractivity contribution >= 4 is 27.3 Å². The third-order valence-electron chi connectivity index (χ3n) is 4.39. The van der Waals surface area contributed by atoms with Crippen LogP contribution in [0.3, 0.4) is 0 Å². The lowest BCUT2D eigenvalue weighted by Crippen LogP contribution is -2.16. The monoisotopic (exact) mass is 410 g/mol. The second kappa shape index (κ2) is 8.36. The van der Waals surface area contributed by atoms with Crippen molar-refractivity contribution in [2.75, 3.05) is 17.1 Å².